The molecule has 0 fully saturated rings. The Hall–Kier alpha value is -1.52. The average Bonchev–Trinajstić information content (AvgIpc) is 2.37. The molecule has 0 N–H and O–H groups in total. The predicted octanol–water partition coefficient (Wildman–Crippen LogP) is 4.64. The number of rotatable bonds is 7. The van der Waals surface area contributed by atoms with Crippen LogP contribution in [0.1, 0.15) is 43.7 Å². The maximum Gasteiger partial charge on any atom is 0.417 e. The molecule has 0 saturated carbocycles. The monoisotopic (exact) mass is 273 g/mol. The lowest BCUT2D eigenvalue weighted by Gasteiger charge is -2.08. The van der Waals surface area contributed by atoms with Crippen LogP contribution in [-0.2, 0) is 11.0 Å². The maximum atomic E-state index is 12.7. The third-order valence-corrected chi connectivity index (χ3v) is 2.62. The van der Waals surface area contributed by atoms with E-state index in [0.717, 1.165) is 38.0 Å². The summed E-state index contributed by atoms with van der Waals surface area (Å²) in [5, 5.41) is 3.59. The Morgan fingerprint density at radius 1 is 1.16 bits per heavy atom. The molecule has 0 aliphatic carbocycles. The smallest absolute Gasteiger partial charge is 0.396 e. The number of hydrogen-bond donors (Lipinski definition) is 0. The molecule has 106 valence electrons. The summed E-state index contributed by atoms with van der Waals surface area (Å²) in [7, 11) is 0. The van der Waals surface area contributed by atoms with Gasteiger partial charge in [0.25, 0.3) is 0 Å². The van der Waals surface area contributed by atoms with Crippen LogP contribution >= 0.6 is 0 Å². The van der Waals surface area contributed by atoms with Crippen LogP contribution in [0, 0.1) is 0 Å². The number of hydrogen-bond acceptors (Lipinski definition) is 2. The van der Waals surface area contributed by atoms with Crippen molar-refractivity contribution in [3.8, 4) is 0 Å². The highest BCUT2D eigenvalue weighted by Gasteiger charge is 2.32. The van der Waals surface area contributed by atoms with E-state index >= 15 is 0 Å². The summed E-state index contributed by atoms with van der Waals surface area (Å²) >= 11 is 0. The Balaban J connectivity index is 2.48. The molecule has 1 aromatic carbocycles. The molecule has 0 unspecified atom stereocenters. The van der Waals surface area contributed by atoms with Gasteiger partial charge in [-0.25, -0.2) is 0 Å². The molecule has 0 atom stereocenters. The molecule has 19 heavy (non-hydrogen) atoms. The Morgan fingerprint density at radius 3 is 2.58 bits per heavy atom. The van der Waals surface area contributed by atoms with Crippen molar-refractivity contribution in [2.24, 2.45) is 5.16 Å². The van der Waals surface area contributed by atoms with E-state index in [9.17, 15) is 13.2 Å². The fraction of sp³-hybridized carbons (Fsp3) is 0.500. The van der Waals surface area contributed by atoms with E-state index in [2.05, 4.69) is 12.1 Å². The van der Waals surface area contributed by atoms with Crippen LogP contribution < -0.4 is 0 Å². The van der Waals surface area contributed by atoms with Crippen LogP contribution in [0.4, 0.5) is 13.2 Å². The van der Waals surface area contributed by atoms with Crippen LogP contribution in [0.25, 0.3) is 0 Å². The van der Waals surface area contributed by atoms with Gasteiger partial charge in [0.1, 0.15) is 6.61 Å². The molecule has 0 aliphatic rings. The first-order valence-corrected chi connectivity index (χ1v) is 6.37. The van der Waals surface area contributed by atoms with Crippen LogP contribution in [0.2, 0.25) is 0 Å². The van der Waals surface area contributed by atoms with E-state index in [4.69, 9.17) is 4.84 Å². The molecule has 5 heteroatoms. The van der Waals surface area contributed by atoms with Gasteiger partial charge >= 0.3 is 6.18 Å². The van der Waals surface area contributed by atoms with E-state index in [0.29, 0.717) is 6.61 Å². The Kier molecular flexibility index (Phi) is 6.39. The number of halogens is 3. The van der Waals surface area contributed by atoms with Crippen molar-refractivity contribution in [3.05, 3.63) is 35.4 Å². The van der Waals surface area contributed by atoms with Gasteiger partial charge in [0.15, 0.2) is 0 Å². The summed E-state index contributed by atoms with van der Waals surface area (Å²) in [6, 6.07) is 5.29. The van der Waals surface area contributed by atoms with Gasteiger partial charge in [-0.15, -0.1) is 0 Å². The first-order valence-electron chi connectivity index (χ1n) is 6.37. The lowest BCUT2D eigenvalue weighted by atomic mass is 10.1. The third-order valence-electron chi connectivity index (χ3n) is 2.62. The summed E-state index contributed by atoms with van der Waals surface area (Å²) < 4.78 is 38.0. The second-order valence-corrected chi connectivity index (χ2v) is 4.21. The number of benzene rings is 1. The van der Waals surface area contributed by atoms with Crippen molar-refractivity contribution in [2.75, 3.05) is 6.61 Å². The average molecular weight is 273 g/mol. The van der Waals surface area contributed by atoms with Gasteiger partial charge in [0.05, 0.1) is 11.8 Å². The van der Waals surface area contributed by atoms with Gasteiger partial charge in [-0.2, -0.15) is 13.2 Å². The normalized spacial score (nSPS) is 12.0. The van der Waals surface area contributed by atoms with Gasteiger partial charge in [0.2, 0.25) is 0 Å². The van der Waals surface area contributed by atoms with Crippen LogP contribution in [-0.4, -0.2) is 12.8 Å². The quantitative estimate of drug-likeness (QED) is 0.403. The second kappa shape index (κ2) is 7.81. The summed E-state index contributed by atoms with van der Waals surface area (Å²) in [6.07, 6.45) is 0.913. The molecule has 0 heterocycles. The van der Waals surface area contributed by atoms with Crippen molar-refractivity contribution in [1.29, 1.82) is 0 Å². The Morgan fingerprint density at radius 2 is 1.89 bits per heavy atom. The molecule has 1 aromatic rings. The zero-order chi connectivity index (χ0) is 14.1. The van der Waals surface area contributed by atoms with Crippen LogP contribution in [0.5, 0.6) is 0 Å². The topological polar surface area (TPSA) is 21.6 Å². The molecule has 0 aromatic heterocycles. The Labute approximate surface area is 111 Å². The first kappa shape index (κ1) is 15.5. The van der Waals surface area contributed by atoms with E-state index < -0.39 is 11.7 Å². The zero-order valence-corrected chi connectivity index (χ0v) is 10.9. The number of nitrogens with zero attached hydrogens (tertiary/aromatic N) is 1. The largest absolute Gasteiger partial charge is 0.417 e. The third kappa shape index (κ3) is 5.77. The predicted molar refractivity (Wildman–Crippen MR) is 69.1 cm³/mol. The van der Waals surface area contributed by atoms with Gasteiger partial charge in [0, 0.05) is 5.56 Å². The molecule has 0 radical (unpaired) electrons. The summed E-state index contributed by atoms with van der Waals surface area (Å²) in [5.74, 6) is 0. The first-order chi connectivity index (χ1) is 9.05. The molecule has 0 amide bonds. The van der Waals surface area contributed by atoms with Gasteiger partial charge in [-0.3, -0.25) is 0 Å². The molecular formula is C14H18F3NO. The van der Waals surface area contributed by atoms with Crippen molar-refractivity contribution < 1.29 is 18.0 Å². The highest BCUT2D eigenvalue weighted by atomic mass is 19.4. The fourth-order valence-electron chi connectivity index (χ4n) is 1.61. The second-order valence-electron chi connectivity index (χ2n) is 4.21. The molecule has 1 rings (SSSR count). The van der Waals surface area contributed by atoms with Crippen molar-refractivity contribution in [3.63, 3.8) is 0 Å². The van der Waals surface area contributed by atoms with Crippen LogP contribution in [0.15, 0.2) is 29.4 Å². The lowest BCUT2D eigenvalue weighted by Crippen LogP contribution is -2.08. The molecule has 0 spiro atoms. The van der Waals surface area contributed by atoms with Gasteiger partial charge in [-0.1, -0.05) is 43.1 Å². The molecule has 2 nitrogen and oxygen atoms in total. The van der Waals surface area contributed by atoms with Crippen molar-refractivity contribution in [2.45, 2.75) is 38.8 Å². The highest BCUT2D eigenvalue weighted by molar-refractivity contribution is 5.81. The standard InChI is InChI=1S/C14H18F3NO/c1-2-3-4-7-10-19-18-11-12-8-5-6-9-13(12)14(15,16)17/h5-6,8-9,11H,2-4,7,10H2,1H3. The number of unbranched alkanes of at least 4 members (excludes halogenated alkanes) is 3. The molecule has 0 aliphatic heterocycles. The van der Waals surface area contributed by atoms with Crippen LogP contribution in [0.3, 0.4) is 0 Å². The summed E-state index contributed by atoms with van der Waals surface area (Å²) in [5.41, 5.74) is -0.683. The van der Waals surface area contributed by atoms with Crippen molar-refractivity contribution in [1.82, 2.24) is 0 Å². The highest BCUT2D eigenvalue weighted by Crippen LogP contribution is 2.31. The minimum atomic E-state index is -4.37. The minimum Gasteiger partial charge on any atom is -0.396 e. The molecule has 0 saturated heterocycles. The number of alkyl halides is 3. The SMILES string of the molecule is CCCCCCON=Cc1ccccc1C(F)(F)F. The minimum absolute atomic E-state index is 0.0172. The Bertz CT molecular complexity index is 402. The van der Waals surface area contributed by atoms with E-state index in [1.165, 1.54) is 18.2 Å². The summed E-state index contributed by atoms with van der Waals surface area (Å²) in [6.45, 7) is 2.54. The zero-order valence-electron chi connectivity index (χ0n) is 10.9. The van der Waals surface area contributed by atoms with E-state index in [1.54, 1.807) is 0 Å². The fourth-order valence-corrected chi connectivity index (χ4v) is 1.61. The lowest BCUT2D eigenvalue weighted by molar-refractivity contribution is -0.137. The number of oxime groups is 1. The van der Waals surface area contributed by atoms with Crippen molar-refractivity contribution >= 4 is 6.21 Å². The van der Waals surface area contributed by atoms with Gasteiger partial charge < -0.3 is 4.84 Å². The molecular weight excluding hydrogens is 255 g/mol. The summed E-state index contributed by atoms with van der Waals surface area (Å²) in [4.78, 5) is 4.95. The maximum absolute atomic E-state index is 12.7. The van der Waals surface area contributed by atoms with Gasteiger partial charge in [-0.05, 0) is 18.9 Å². The van der Waals surface area contributed by atoms with E-state index in [1.807, 2.05) is 0 Å². The molecule has 0 bridgehead atoms. The van der Waals surface area contributed by atoms with E-state index in [-0.39, 0.29) is 5.56 Å².